The lowest BCUT2D eigenvalue weighted by molar-refractivity contribution is -0.141. The van der Waals surface area contributed by atoms with Gasteiger partial charge >= 0.3 is 6.18 Å². The third-order valence-corrected chi connectivity index (χ3v) is 5.15. The summed E-state index contributed by atoms with van der Waals surface area (Å²) in [6, 6.07) is 0.847. The molecular weight excluding hydrogens is 512 g/mol. The van der Waals surface area contributed by atoms with Crippen LogP contribution in [0.2, 0.25) is 0 Å². The van der Waals surface area contributed by atoms with Gasteiger partial charge in [-0.2, -0.15) is 13.2 Å². The van der Waals surface area contributed by atoms with Gasteiger partial charge in [0, 0.05) is 46.1 Å². The SMILES string of the molecule is CCOCCC1(CNC(=NC)NCCNc2nccc(C(F)(F)F)n2)CCCC1.I. The van der Waals surface area contributed by atoms with Crippen LogP contribution < -0.4 is 16.0 Å². The molecule has 1 fully saturated rings. The molecule has 0 spiro atoms. The van der Waals surface area contributed by atoms with Crippen LogP contribution in [0.5, 0.6) is 0 Å². The Bertz CT molecular complexity index is 653. The number of ether oxygens (including phenoxy) is 1. The molecule has 1 heterocycles. The molecular formula is C19H32F3IN6O. The van der Waals surface area contributed by atoms with E-state index in [1.165, 1.54) is 25.7 Å². The van der Waals surface area contributed by atoms with Crippen molar-refractivity contribution in [2.45, 2.75) is 45.2 Å². The van der Waals surface area contributed by atoms with Gasteiger partial charge in [-0.1, -0.05) is 12.8 Å². The van der Waals surface area contributed by atoms with Gasteiger partial charge in [0.1, 0.15) is 5.69 Å². The van der Waals surface area contributed by atoms with Crippen molar-refractivity contribution >= 4 is 35.9 Å². The molecule has 11 heteroatoms. The fourth-order valence-electron chi connectivity index (χ4n) is 3.52. The highest BCUT2D eigenvalue weighted by Gasteiger charge is 2.34. The van der Waals surface area contributed by atoms with E-state index in [-0.39, 0.29) is 35.3 Å². The predicted octanol–water partition coefficient (Wildman–Crippen LogP) is 3.68. The average molecular weight is 544 g/mol. The third kappa shape index (κ3) is 8.78. The lowest BCUT2D eigenvalue weighted by atomic mass is 9.83. The van der Waals surface area contributed by atoms with E-state index in [1.54, 1.807) is 7.05 Å². The van der Waals surface area contributed by atoms with Crippen molar-refractivity contribution in [3.05, 3.63) is 18.0 Å². The molecule has 172 valence electrons. The van der Waals surface area contributed by atoms with Gasteiger partial charge in [-0.05, 0) is 37.7 Å². The quantitative estimate of drug-likeness (QED) is 0.181. The molecule has 0 atom stereocenters. The topological polar surface area (TPSA) is 83.5 Å². The summed E-state index contributed by atoms with van der Waals surface area (Å²) in [4.78, 5) is 11.5. The molecule has 0 radical (unpaired) electrons. The Morgan fingerprint density at radius 1 is 1.23 bits per heavy atom. The van der Waals surface area contributed by atoms with Crippen molar-refractivity contribution < 1.29 is 17.9 Å². The molecule has 1 saturated carbocycles. The normalized spacial score (nSPS) is 16.1. The highest BCUT2D eigenvalue weighted by atomic mass is 127. The Morgan fingerprint density at radius 2 is 1.97 bits per heavy atom. The van der Waals surface area contributed by atoms with E-state index < -0.39 is 11.9 Å². The molecule has 3 N–H and O–H groups in total. The number of nitrogens with zero attached hydrogens (tertiary/aromatic N) is 3. The molecule has 1 aromatic heterocycles. The van der Waals surface area contributed by atoms with E-state index in [9.17, 15) is 13.2 Å². The zero-order valence-corrected chi connectivity index (χ0v) is 19.8. The molecule has 0 aromatic carbocycles. The lowest BCUT2D eigenvalue weighted by Crippen LogP contribution is -2.44. The molecule has 0 bridgehead atoms. The van der Waals surface area contributed by atoms with Gasteiger partial charge in [0.2, 0.25) is 5.95 Å². The smallest absolute Gasteiger partial charge is 0.382 e. The van der Waals surface area contributed by atoms with Gasteiger partial charge in [0.05, 0.1) is 0 Å². The van der Waals surface area contributed by atoms with Gasteiger partial charge in [-0.3, -0.25) is 4.99 Å². The maximum Gasteiger partial charge on any atom is 0.433 e. The first-order valence-corrected chi connectivity index (χ1v) is 10.0. The van der Waals surface area contributed by atoms with E-state index >= 15 is 0 Å². The van der Waals surface area contributed by atoms with Crippen LogP contribution in [0.4, 0.5) is 19.1 Å². The van der Waals surface area contributed by atoms with Crippen LogP contribution in [0.1, 0.15) is 44.7 Å². The summed E-state index contributed by atoms with van der Waals surface area (Å²) in [6.45, 7) is 5.15. The molecule has 1 aromatic rings. The van der Waals surface area contributed by atoms with Crippen LogP contribution in [-0.4, -0.2) is 55.8 Å². The highest BCUT2D eigenvalue weighted by Crippen LogP contribution is 2.40. The van der Waals surface area contributed by atoms with Crippen molar-refractivity contribution in [1.82, 2.24) is 20.6 Å². The van der Waals surface area contributed by atoms with E-state index in [4.69, 9.17) is 4.74 Å². The second kappa shape index (κ2) is 13.1. The van der Waals surface area contributed by atoms with Crippen molar-refractivity contribution in [1.29, 1.82) is 0 Å². The number of nitrogens with one attached hydrogen (secondary N) is 3. The molecule has 30 heavy (non-hydrogen) atoms. The number of hydrogen-bond donors (Lipinski definition) is 3. The van der Waals surface area contributed by atoms with Crippen LogP contribution in [-0.2, 0) is 10.9 Å². The number of anilines is 1. The highest BCUT2D eigenvalue weighted by molar-refractivity contribution is 14.0. The molecule has 0 unspecified atom stereocenters. The van der Waals surface area contributed by atoms with Crippen molar-refractivity contribution in [3.8, 4) is 0 Å². The van der Waals surface area contributed by atoms with Crippen molar-refractivity contribution in [3.63, 3.8) is 0 Å². The maximum absolute atomic E-state index is 12.7. The van der Waals surface area contributed by atoms with Crippen LogP contribution in [0.25, 0.3) is 0 Å². The van der Waals surface area contributed by atoms with Crippen molar-refractivity contribution in [2.24, 2.45) is 10.4 Å². The monoisotopic (exact) mass is 544 g/mol. The summed E-state index contributed by atoms with van der Waals surface area (Å²) < 4.78 is 43.6. The van der Waals surface area contributed by atoms with Crippen LogP contribution >= 0.6 is 24.0 Å². The van der Waals surface area contributed by atoms with Crippen LogP contribution in [0, 0.1) is 5.41 Å². The van der Waals surface area contributed by atoms with Crippen LogP contribution in [0.15, 0.2) is 17.3 Å². The minimum atomic E-state index is -4.48. The Labute approximate surface area is 193 Å². The van der Waals surface area contributed by atoms with E-state index in [1.807, 2.05) is 6.92 Å². The fraction of sp³-hybridized carbons (Fsp3) is 0.737. The van der Waals surface area contributed by atoms with Gasteiger partial charge in [0.25, 0.3) is 0 Å². The first kappa shape index (κ1) is 26.7. The third-order valence-electron chi connectivity index (χ3n) is 5.15. The second-order valence-corrected chi connectivity index (χ2v) is 7.20. The number of rotatable bonds is 10. The molecule has 0 saturated heterocycles. The summed E-state index contributed by atoms with van der Waals surface area (Å²) in [5.74, 6) is 0.616. The first-order valence-electron chi connectivity index (χ1n) is 10.0. The number of halogens is 4. The van der Waals surface area contributed by atoms with E-state index in [2.05, 4.69) is 30.9 Å². The Kier molecular flexibility index (Phi) is 11.7. The summed E-state index contributed by atoms with van der Waals surface area (Å²) >= 11 is 0. The first-order chi connectivity index (χ1) is 13.9. The predicted molar refractivity (Wildman–Crippen MR) is 122 cm³/mol. The zero-order chi connectivity index (χ0) is 21.2. The van der Waals surface area contributed by atoms with Gasteiger partial charge in [0.15, 0.2) is 5.96 Å². The fourth-order valence-corrected chi connectivity index (χ4v) is 3.52. The molecule has 0 aliphatic heterocycles. The largest absolute Gasteiger partial charge is 0.433 e. The second-order valence-electron chi connectivity index (χ2n) is 7.20. The van der Waals surface area contributed by atoms with Gasteiger partial charge in [-0.15, -0.1) is 24.0 Å². The summed E-state index contributed by atoms with van der Waals surface area (Å²) in [5, 5.41) is 9.33. The summed E-state index contributed by atoms with van der Waals surface area (Å²) in [6.07, 6.45) is 2.47. The lowest BCUT2D eigenvalue weighted by Gasteiger charge is -2.30. The number of aliphatic imine (C=N–C) groups is 1. The minimum Gasteiger partial charge on any atom is -0.382 e. The number of guanidine groups is 1. The Balaban J connectivity index is 0.00000450. The zero-order valence-electron chi connectivity index (χ0n) is 17.5. The minimum absolute atomic E-state index is 0. The van der Waals surface area contributed by atoms with Gasteiger partial charge in [-0.25, -0.2) is 9.97 Å². The number of hydrogen-bond acceptors (Lipinski definition) is 5. The van der Waals surface area contributed by atoms with E-state index in [0.29, 0.717) is 19.0 Å². The maximum atomic E-state index is 12.7. The van der Waals surface area contributed by atoms with Gasteiger partial charge < -0.3 is 20.7 Å². The molecule has 7 nitrogen and oxygen atoms in total. The Morgan fingerprint density at radius 3 is 2.60 bits per heavy atom. The molecule has 2 rings (SSSR count). The average Bonchev–Trinajstić information content (AvgIpc) is 3.16. The molecule has 0 amide bonds. The Hall–Kier alpha value is -1.37. The van der Waals surface area contributed by atoms with Crippen molar-refractivity contribution in [2.75, 3.05) is 45.2 Å². The summed E-state index contributed by atoms with van der Waals surface area (Å²) in [5.41, 5.74) is -0.731. The van der Waals surface area contributed by atoms with E-state index in [0.717, 1.165) is 38.4 Å². The standard InChI is InChI=1S/C19H31F3N6O.HI/c1-3-29-13-9-18(7-4-5-8-18)14-27-16(23-2)25-11-12-26-17-24-10-6-15(28-17)19(20,21)22;/h6,10H,3-5,7-9,11-14H2,1-2H3,(H2,23,25,27)(H,24,26,28);1H. The number of alkyl halides is 3. The van der Waals surface area contributed by atoms with Crippen LogP contribution in [0.3, 0.4) is 0 Å². The molecule has 1 aliphatic carbocycles. The number of aromatic nitrogens is 2. The summed E-state index contributed by atoms with van der Waals surface area (Å²) in [7, 11) is 1.69. The molecule has 1 aliphatic rings.